The molecule has 6 heteroatoms. The van der Waals surface area contributed by atoms with E-state index in [-0.39, 0.29) is 16.1 Å². The van der Waals surface area contributed by atoms with E-state index in [4.69, 9.17) is 17.4 Å². The van der Waals surface area contributed by atoms with Crippen LogP contribution < -0.4 is 11.3 Å². The molecule has 0 bridgehead atoms. The fourth-order valence-corrected chi connectivity index (χ4v) is 1.98. The van der Waals surface area contributed by atoms with Gasteiger partial charge in [0.2, 0.25) is 0 Å². The third-order valence-corrected chi connectivity index (χ3v) is 2.94. The Kier molecular flexibility index (Phi) is 4.09. The highest BCUT2D eigenvalue weighted by molar-refractivity contribution is 6.30. The predicted molar refractivity (Wildman–Crippen MR) is 66.9 cm³/mol. The van der Waals surface area contributed by atoms with Gasteiger partial charge in [0.15, 0.2) is 0 Å². The molecule has 3 N–H and O–H groups in total. The van der Waals surface area contributed by atoms with E-state index in [2.05, 4.69) is 5.43 Å². The van der Waals surface area contributed by atoms with Gasteiger partial charge in [0, 0.05) is 16.1 Å². The Morgan fingerprint density at radius 3 is 2.32 bits per heavy atom. The Balaban J connectivity index is 2.52. The Hall–Kier alpha value is -1.56. The molecule has 0 spiro atoms. The molecule has 1 atom stereocenters. The van der Waals surface area contributed by atoms with Crippen LogP contribution in [0.1, 0.15) is 17.2 Å². The van der Waals surface area contributed by atoms with Gasteiger partial charge in [-0.1, -0.05) is 17.7 Å². The first kappa shape index (κ1) is 13.9. The number of nitrogens with two attached hydrogens (primary N) is 1. The molecule has 0 radical (unpaired) electrons. The molecule has 0 saturated carbocycles. The van der Waals surface area contributed by atoms with Crippen LogP contribution in [0.3, 0.4) is 0 Å². The molecule has 0 aliphatic carbocycles. The molecule has 19 heavy (non-hydrogen) atoms. The summed E-state index contributed by atoms with van der Waals surface area (Å²) < 4.78 is 40.7. The average Bonchev–Trinajstić information content (AvgIpc) is 2.36. The predicted octanol–water partition coefficient (Wildman–Crippen LogP) is 3.31. The molecule has 0 heterocycles. The fraction of sp³-hybridized carbons (Fsp3) is 0.0769. The molecule has 2 aromatic rings. The summed E-state index contributed by atoms with van der Waals surface area (Å²) >= 11 is 5.64. The SMILES string of the molecule is NNC(c1ccc(Cl)cc1F)c1cc(F)ccc1F. The lowest BCUT2D eigenvalue weighted by Crippen LogP contribution is -2.30. The summed E-state index contributed by atoms with van der Waals surface area (Å²) in [5, 5.41) is 0.205. The normalized spacial score (nSPS) is 12.5. The quantitative estimate of drug-likeness (QED) is 0.671. The van der Waals surface area contributed by atoms with Crippen molar-refractivity contribution in [2.75, 3.05) is 0 Å². The summed E-state index contributed by atoms with van der Waals surface area (Å²) in [4.78, 5) is 0. The number of benzene rings is 2. The summed E-state index contributed by atoms with van der Waals surface area (Å²) in [6.45, 7) is 0. The van der Waals surface area contributed by atoms with Gasteiger partial charge in [-0.3, -0.25) is 5.84 Å². The molecule has 1 unspecified atom stereocenters. The zero-order chi connectivity index (χ0) is 14.0. The lowest BCUT2D eigenvalue weighted by Gasteiger charge is -2.18. The third-order valence-electron chi connectivity index (χ3n) is 2.71. The first-order chi connectivity index (χ1) is 9.02. The van der Waals surface area contributed by atoms with E-state index in [9.17, 15) is 13.2 Å². The molecule has 0 saturated heterocycles. The number of halogens is 4. The molecule has 0 aliphatic heterocycles. The van der Waals surface area contributed by atoms with E-state index in [1.807, 2.05) is 0 Å². The van der Waals surface area contributed by atoms with Crippen LogP contribution in [0, 0.1) is 17.5 Å². The molecule has 0 fully saturated rings. The van der Waals surface area contributed by atoms with Crippen LogP contribution in [0.15, 0.2) is 36.4 Å². The van der Waals surface area contributed by atoms with Crippen LogP contribution in [0.5, 0.6) is 0 Å². The summed E-state index contributed by atoms with van der Waals surface area (Å²) in [6.07, 6.45) is 0. The molecular weight excluding hydrogens is 277 g/mol. The van der Waals surface area contributed by atoms with Crippen LogP contribution in [0.25, 0.3) is 0 Å². The Labute approximate surface area is 113 Å². The maximum Gasteiger partial charge on any atom is 0.129 e. The Morgan fingerprint density at radius 2 is 1.68 bits per heavy atom. The maximum absolute atomic E-state index is 13.8. The molecule has 100 valence electrons. The van der Waals surface area contributed by atoms with Crippen molar-refractivity contribution < 1.29 is 13.2 Å². The second-order valence-corrected chi connectivity index (χ2v) is 4.37. The van der Waals surface area contributed by atoms with Gasteiger partial charge in [-0.25, -0.2) is 18.6 Å². The van der Waals surface area contributed by atoms with Crippen molar-refractivity contribution in [3.8, 4) is 0 Å². The van der Waals surface area contributed by atoms with Crippen LogP contribution in [-0.2, 0) is 0 Å². The van der Waals surface area contributed by atoms with E-state index in [1.54, 1.807) is 0 Å². The van der Waals surface area contributed by atoms with Gasteiger partial charge in [-0.05, 0) is 30.3 Å². The number of nitrogens with one attached hydrogen (secondary N) is 1. The van der Waals surface area contributed by atoms with Crippen LogP contribution in [0.2, 0.25) is 5.02 Å². The van der Waals surface area contributed by atoms with Crippen molar-refractivity contribution in [1.29, 1.82) is 0 Å². The Bertz CT molecular complexity index is 604. The van der Waals surface area contributed by atoms with E-state index < -0.39 is 23.5 Å². The summed E-state index contributed by atoms with van der Waals surface area (Å²) in [6, 6.07) is 5.79. The van der Waals surface area contributed by atoms with Gasteiger partial charge in [0.05, 0.1) is 6.04 Å². The first-order valence-electron chi connectivity index (χ1n) is 5.39. The van der Waals surface area contributed by atoms with Gasteiger partial charge < -0.3 is 0 Å². The first-order valence-corrected chi connectivity index (χ1v) is 5.76. The lowest BCUT2D eigenvalue weighted by molar-refractivity contribution is 0.523. The fourth-order valence-electron chi connectivity index (χ4n) is 1.82. The van der Waals surface area contributed by atoms with Crippen molar-refractivity contribution >= 4 is 11.6 Å². The van der Waals surface area contributed by atoms with Crippen LogP contribution in [0.4, 0.5) is 13.2 Å². The highest BCUT2D eigenvalue weighted by atomic mass is 35.5. The van der Waals surface area contributed by atoms with E-state index in [0.29, 0.717) is 0 Å². The monoisotopic (exact) mass is 286 g/mol. The minimum Gasteiger partial charge on any atom is -0.271 e. The van der Waals surface area contributed by atoms with Crippen molar-refractivity contribution in [1.82, 2.24) is 5.43 Å². The minimum atomic E-state index is -1.01. The number of hydrogen-bond donors (Lipinski definition) is 2. The second-order valence-electron chi connectivity index (χ2n) is 3.93. The number of hydrazine groups is 1. The topological polar surface area (TPSA) is 38.0 Å². The van der Waals surface area contributed by atoms with Crippen molar-refractivity contribution in [2.24, 2.45) is 5.84 Å². The summed E-state index contributed by atoms with van der Waals surface area (Å²) in [5.41, 5.74) is 2.27. The van der Waals surface area contributed by atoms with Crippen molar-refractivity contribution in [2.45, 2.75) is 6.04 Å². The van der Waals surface area contributed by atoms with Gasteiger partial charge in [0.1, 0.15) is 17.5 Å². The minimum absolute atomic E-state index is 0.0799. The highest BCUT2D eigenvalue weighted by Crippen LogP contribution is 2.28. The van der Waals surface area contributed by atoms with E-state index in [0.717, 1.165) is 24.3 Å². The maximum atomic E-state index is 13.8. The molecule has 2 aromatic carbocycles. The molecule has 2 rings (SSSR count). The van der Waals surface area contributed by atoms with E-state index >= 15 is 0 Å². The van der Waals surface area contributed by atoms with Crippen LogP contribution in [-0.4, -0.2) is 0 Å². The molecule has 0 aromatic heterocycles. The second kappa shape index (κ2) is 5.61. The smallest absolute Gasteiger partial charge is 0.129 e. The molecule has 0 amide bonds. The highest BCUT2D eigenvalue weighted by Gasteiger charge is 2.20. The zero-order valence-electron chi connectivity index (χ0n) is 9.63. The molecule has 2 nitrogen and oxygen atoms in total. The number of rotatable bonds is 3. The van der Waals surface area contributed by atoms with Gasteiger partial charge in [-0.15, -0.1) is 0 Å². The molecular formula is C13H10ClF3N2. The Morgan fingerprint density at radius 1 is 0.947 bits per heavy atom. The molecule has 0 aliphatic rings. The lowest BCUT2D eigenvalue weighted by atomic mass is 9.98. The summed E-state index contributed by atoms with van der Waals surface area (Å²) in [5.74, 6) is 3.36. The largest absolute Gasteiger partial charge is 0.271 e. The van der Waals surface area contributed by atoms with E-state index in [1.165, 1.54) is 12.1 Å². The average molecular weight is 287 g/mol. The van der Waals surface area contributed by atoms with Crippen molar-refractivity contribution in [3.05, 3.63) is 70.0 Å². The standard InChI is InChI=1S/C13H10ClF3N2/c14-7-1-3-9(12(17)5-7)13(19-18)10-6-8(15)2-4-11(10)16/h1-6,13,19H,18H2. The van der Waals surface area contributed by atoms with Gasteiger partial charge in [-0.2, -0.15) is 0 Å². The van der Waals surface area contributed by atoms with Gasteiger partial charge >= 0.3 is 0 Å². The summed E-state index contributed by atoms with van der Waals surface area (Å²) in [7, 11) is 0. The van der Waals surface area contributed by atoms with Crippen molar-refractivity contribution in [3.63, 3.8) is 0 Å². The van der Waals surface area contributed by atoms with Crippen LogP contribution >= 0.6 is 11.6 Å². The third kappa shape index (κ3) is 2.89. The zero-order valence-corrected chi connectivity index (χ0v) is 10.4. The van der Waals surface area contributed by atoms with Gasteiger partial charge in [0.25, 0.3) is 0 Å². The number of hydrogen-bond acceptors (Lipinski definition) is 2.